The molecular formula is C27H31N3O5S. The summed E-state index contributed by atoms with van der Waals surface area (Å²) >= 11 is 1.32. The smallest absolute Gasteiger partial charge is 0.341 e. The van der Waals surface area contributed by atoms with Gasteiger partial charge in [-0.3, -0.25) is 14.6 Å². The molecule has 36 heavy (non-hydrogen) atoms. The molecule has 2 aromatic carbocycles. The van der Waals surface area contributed by atoms with E-state index in [1.54, 1.807) is 14.2 Å². The van der Waals surface area contributed by atoms with Crippen LogP contribution in [-0.4, -0.2) is 75.7 Å². The van der Waals surface area contributed by atoms with E-state index >= 15 is 0 Å². The normalized spacial score (nSPS) is 14.3. The number of carbonyl (C=O) groups is 2. The van der Waals surface area contributed by atoms with Crippen molar-refractivity contribution >= 4 is 28.2 Å². The van der Waals surface area contributed by atoms with Crippen molar-refractivity contribution in [3.63, 3.8) is 0 Å². The summed E-state index contributed by atoms with van der Waals surface area (Å²) in [5.74, 6) is 0.955. The summed E-state index contributed by atoms with van der Waals surface area (Å²) in [6.07, 6.45) is 0. The van der Waals surface area contributed by atoms with Gasteiger partial charge in [-0.15, -0.1) is 11.3 Å². The number of benzene rings is 2. The molecule has 9 heteroatoms. The lowest BCUT2D eigenvalue weighted by molar-refractivity contribution is -0.117. The number of nitrogens with one attached hydrogen (secondary N) is 1. The van der Waals surface area contributed by atoms with Crippen molar-refractivity contribution in [1.82, 2.24) is 9.80 Å². The molecule has 8 nitrogen and oxygen atoms in total. The minimum absolute atomic E-state index is 0.149. The van der Waals surface area contributed by atoms with Crippen LogP contribution in [0.2, 0.25) is 0 Å². The summed E-state index contributed by atoms with van der Waals surface area (Å²) in [5, 5.41) is 5.29. The molecule has 1 N–H and O–H groups in total. The second kappa shape index (κ2) is 12.0. The highest BCUT2D eigenvalue weighted by Crippen LogP contribution is 2.36. The summed E-state index contributed by atoms with van der Waals surface area (Å²) in [6, 6.07) is 15.5. The van der Waals surface area contributed by atoms with E-state index in [1.165, 1.54) is 24.0 Å². The Morgan fingerprint density at radius 2 is 1.61 bits per heavy atom. The molecular weight excluding hydrogens is 478 g/mol. The summed E-state index contributed by atoms with van der Waals surface area (Å²) in [5.41, 5.74) is 3.14. The van der Waals surface area contributed by atoms with E-state index in [1.807, 2.05) is 41.8 Å². The third-order valence-corrected chi connectivity index (χ3v) is 7.10. The van der Waals surface area contributed by atoms with E-state index < -0.39 is 5.97 Å². The molecule has 0 unspecified atom stereocenters. The maximum Gasteiger partial charge on any atom is 0.341 e. The molecule has 0 radical (unpaired) electrons. The molecule has 1 aliphatic heterocycles. The van der Waals surface area contributed by atoms with Gasteiger partial charge in [0, 0.05) is 43.7 Å². The Kier molecular flexibility index (Phi) is 8.58. The van der Waals surface area contributed by atoms with E-state index in [-0.39, 0.29) is 12.5 Å². The van der Waals surface area contributed by atoms with Gasteiger partial charge < -0.3 is 19.5 Å². The number of hydrogen-bond donors (Lipinski definition) is 1. The zero-order valence-electron chi connectivity index (χ0n) is 20.8. The minimum atomic E-state index is -0.483. The third kappa shape index (κ3) is 6.23. The zero-order chi connectivity index (χ0) is 25.5. The maximum absolute atomic E-state index is 12.9. The first kappa shape index (κ1) is 25.7. The third-order valence-electron chi connectivity index (χ3n) is 6.21. The molecule has 1 aromatic heterocycles. The molecule has 0 saturated carbocycles. The van der Waals surface area contributed by atoms with Crippen LogP contribution >= 0.6 is 11.3 Å². The largest absolute Gasteiger partial charge is 0.497 e. The van der Waals surface area contributed by atoms with Gasteiger partial charge in [0.05, 0.1) is 27.9 Å². The molecule has 0 bridgehead atoms. The lowest BCUT2D eigenvalue weighted by Gasteiger charge is -2.34. The van der Waals surface area contributed by atoms with Crippen molar-refractivity contribution in [3.05, 3.63) is 65.0 Å². The Bertz CT molecular complexity index is 1190. The first-order valence-electron chi connectivity index (χ1n) is 11.7. The molecule has 1 aliphatic rings. The van der Waals surface area contributed by atoms with Gasteiger partial charge in [-0.25, -0.2) is 4.79 Å². The molecule has 0 spiro atoms. The second-order valence-corrected chi connectivity index (χ2v) is 9.41. The quantitative estimate of drug-likeness (QED) is 0.437. The fraction of sp³-hybridized carbons (Fsp3) is 0.333. The fourth-order valence-electron chi connectivity index (χ4n) is 4.24. The highest BCUT2D eigenvalue weighted by molar-refractivity contribution is 7.15. The van der Waals surface area contributed by atoms with Gasteiger partial charge in [-0.2, -0.15) is 0 Å². The molecule has 1 fully saturated rings. The van der Waals surface area contributed by atoms with Crippen LogP contribution in [-0.2, 0) is 16.1 Å². The molecule has 1 amide bonds. The predicted molar refractivity (Wildman–Crippen MR) is 141 cm³/mol. The number of amides is 1. The lowest BCUT2D eigenvalue weighted by Crippen LogP contribution is -2.48. The van der Waals surface area contributed by atoms with Gasteiger partial charge in [0.15, 0.2) is 0 Å². The summed E-state index contributed by atoms with van der Waals surface area (Å²) in [6.45, 7) is 4.45. The first-order valence-corrected chi connectivity index (χ1v) is 12.6. The summed E-state index contributed by atoms with van der Waals surface area (Å²) < 4.78 is 15.6. The highest BCUT2D eigenvalue weighted by atomic mass is 32.1. The topological polar surface area (TPSA) is 80.3 Å². The van der Waals surface area contributed by atoms with Crippen LogP contribution in [0, 0.1) is 0 Å². The number of anilines is 1. The van der Waals surface area contributed by atoms with Gasteiger partial charge in [0.1, 0.15) is 22.1 Å². The Morgan fingerprint density at radius 3 is 2.28 bits per heavy atom. The van der Waals surface area contributed by atoms with Crippen molar-refractivity contribution in [2.24, 2.45) is 0 Å². The number of hydrogen-bond acceptors (Lipinski definition) is 8. The Labute approximate surface area is 215 Å². The highest BCUT2D eigenvalue weighted by Gasteiger charge is 2.24. The lowest BCUT2D eigenvalue weighted by atomic mass is 10.0. The zero-order valence-corrected chi connectivity index (χ0v) is 21.6. The number of rotatable bonds is 9. The van der Waals surface area contributed by atoms with E-state index in [9.17, 15) is 9.59 Å². The van der Waals surface area contributed by atoms with Crippen LogP contribution in [0.4, 0.5) is 5.00 Å². The van der Waals surface area contributed by atoms with Crippen molar-refractivity contribution in [2.45, 2.75) is 6.54 Å². The number of carbonyl (C=O) groups excluding carboxylic acids is 2. The van der Waals surface area contributed by atoms with Crippen LogP contribution in [0.25, 0.3) is 11.1 Å². The standard InChI is InChI=1S/C27H31N3O5S/c1-33-21-9-7-20(8-10-21)23-18-36-26(25(23)27(32)35-3)28-24(31)17-30-13-11-29(12-14-30)16-19-5-4-6-22(15-19)34-2/h4-10,15,18H,11-14,16-17H2,1-3H3,(H,28,31). The fourth-order valence-corrected chi connectivity index (χ4v) is 5.21. The average molecular weight is 510 g/mol. The molecule has 190 valence electrons. The van der Waals surface area contributed by atoms with Crippen LogP contribution in [0.5, 0.6) is 11.5 Å². The molecule has 4 rings (SSSR count). The van der Waals surface area contributed by atoms with Crippen molar-refractivity contribution in [3.8, 4) is 22.6 Å². The maximum atomic E-state index is 12.9. The Hall–Kier alpha value is -3.40. The van der Waals surface area contributed by atoms with Crippen LogP contribution in [0.15, 0.2) is 53.9 Å². The first-order chi connectivity index (χ1) is 17.5. The monoisotopic (exact) mass is 509 g/mol. The summed E-state index contributed by atoms with van der Waals surface area (Å²) in [7, 11) is 4.62. The van der Waals surface area contributed by atoms with Crippen LogP contribution < -0.4 is 14.8 Å². The molecule has 0 aliphatic carbocycles. The van der Waals surface area contributed by atoms with Crippen LogP contribution in [0.3, 0.4) is 0 Å². The van der Waals surface area contributed by atoms with Crippen LogP contribution in [0.1, 0.15) is 15.9 Å². The molecule has 0 atom stereocenters. The molecule has 2 heterocycles. The number of nitrogens with zero attached hydrogens (tertiary/aromatic N) is 2. The Balaban J connectivity index is 1.35. The number of ether oxygens (including phenoxy) is 3. The predicted octanol–water partition coefficient (Wildman–Crippen LogP) is 3.98. The van der Waals surface area contributed by atoms with Crippen molar-refractivity contribution in [1.29, 1.82) is 0 Å². The van der Waals surface area contributed by atoms with Gasteiger partial charge in [-0.05, 0) is 35.4 Å². The van der Waals surface area contributed by atoms with E-state index in [4.69, 9.17) is 14.2 Å². The number of piperazine rings is 1. The van der Waals surface area contributed by atoms with E-state index in [0.29, 0.717) is 10.6 Å². The van der Waals surface area contributed by atoms with Gasteiger partial charge in [0.25, 0.3) is 0 Å². The van der Waals surface area contributed by atoms with E-state index in [2.05, 4.69) is 27.2 Å². The average Bonchev–Trinajstić information content (AvgIpc) is 3.32. The van der Waals surface area contributed by atoms with Gasteiger partial charge in [0.2, 0.25) is 5.91 Å². The van der Waals surface area contributed by atoms with Gasteiger partial charge >= 0.3 is 5.97 Å². The molecule has 1 saturated heterocycles. The minimum Gasteiger partial charge on any atom is -0.497 e. The molecule has 3 aromatic rings. The SMILES string of the molecule is COC(=O)c1c(-c2ccc(OC)cc2)csc1NC(=O)CN1CCN(Cc2cccc(OC)c2)CC1. The van der Waals surface area contributed by atoms with Crippen molar-refractivity contribution in [2.75, 3.05) is 59.4 Å². The Morgan fingerprint density at radius 1 is 0.917 bits per heavy atom. The number of methoxy groups -OCH3 is 3. The number of esters is 1. The van der Waals surface area contributed by atoms with Crippen molar-refractivity contribution < 1.29 is 23.8 Å². The van der Waals surface area contributed by atoms with Gasteiger partial charge in [-0.1, -0.05) is 24.3 Å². The van der Waals surface area contributed by atoms with E-state index in [0.717, 1.165) is 55.3 Å². The second-order valence-electron chi connectivity index (χ2n) is 8.53. The number of thiophene rings is 1. The summed E-state index contributed by atoms with van der Waals surface area (Å²) in [4.78, 5) is 30.0.